The predicted molar refractivity (Wildman–Crippen MR) is 99.1 cm³/mol. The lowest BCUT2D eigenvalue weighted by molar-refractivity contribution is 0.0778. The molecule has 0 bridgehead atoms. The fraction of sp³-hybridized carbons (Fsp3) is 0.389. The third-order valence-electron chi connectivity index (χ3n) is 4.41. The number of ether oxygens (including phenoxy) is 1. The molecule has 1 aliphatic heterocycles. The van der Waals surface area contributed by atoms with Crippen LogP contribution in [0, 0.1) is 0 Å². The van der Waals surface area contributed by atoms with Crippen LogP contribution in [0.1, 0.15) is 12.8 Å². The van der Waals surface area contributed by atoms with Crippen molar-refractivity contribution in [3.8, 4) is 5.69 Å². The molecule has 5 nitrogen and oxygen atoms in total. The number of benzene rings is 1. The van der Waals surface area contributed by atoms with Crippen molar-refractivity contribution in [1.82, 2.24) is 9.88 Å². The van der Waals surface area contributed by atoms with Crippen molar-refractivity contribution >= 4 is 23.5 Å². The van der Waals surface area contributed by atoms with E-state index in [1.165, 1.54) is 0 Å². The van der Waals surface area contributed by atoms with Crippen LogP contribution in [0.15, 0.2) is 48.8 Å². The lowest BCUT2D eigenvalue weighted by atomic mass is 9.99. The molecule has 1 aromatic heterocycles. The first-order valence-electron chi connectivity index (χ1n) is 8.12. The number of hydrogen-bond acceptors (Lipinski definition) is 3. The highest BCUT2D eigenvalue weighted by atomic mass is 32.2. The molecule has 0 radical (unpaired) electrons. The van der Waals surface area contributed by atoms with Gasteiger partial charge in [0.2, 0.25) is 0 Å². The first-order valence-corrected chi connectivity index (χ1v) is 9.34. The zero-order chi connectivity index (χ0) is 16.8. The molecule has 1 saturated heterocycles. The van der Waals surface area contributed by atoms with Crippen LogP contribution in [0.5, 0.6) is 0 Å². The lowest BCUT2D eigenvalue weighted by Gasteiger charge is -2.35. The van der Waals surface area contributed by atoms with Crippen molar-refractivity contribution in [1.29, 1.82) is 0 Å². The van der Waals surface area contributed by atoms with E-state index < -0.39 is 0 Å². The van der Waals surface area contributed by atoms with Gasteiger partial charge in [0.25, 0.3) is 0 Å². The van der Waals surface area contributed by atoms with Crippen LogP contribution < -0.4 is 10.6 Å². The number of anilines is 1. The summed E-state index contributed by atoms with van der Waals surface area (Å²) in [7, 11) is 0. The molecule has 0 saturated carbocycles. The molecule has 1 aromatic carbocycles. The number of carbonyl (C=O) groups excluding carboxylic acids is 1. The number of carbonyl (C=O) groups is 1. The Morgan fingerprint density at radius 1 is 1.25 bits per heavy atom. The molecule has 0 aliphatic carbocycles. The molecule has 6 heteroatoms. The van der Waals surface area contributed by atoms with Gasteiger partial charge in [-0.3, -0.25) is 0 Å². The van der Waals surface area contributed by atoms with Crippen molar-refractivity contribution < 1.29 is 9.53 Å². The highest BCUT2D eigenvalue weighted by Gasteiger charge is 2.32. The number of nitrogens with one attached hydrogen (secondary N) is 2. The topological polar surface area (TPSA) is 55.3 Å². The molecule has 2 aromatic rings. The van der Waals surface area contributed by atoms with Gasteiger partial charge in [-0.2, -0.15) is 11.8 Å². The third-order valence-corrected chi connectivity index (χ3v) is 5.83. The average molecular weight is 345 g/mol. The van der Waals surface area contributed by atoms with E-state index in [4.69, 9.17) is 4.74 Å². The maximum absolute atomic E-state index is 12.2. The normalized spacial score (nSPS) is 16.5. The lowest BCUT2D eigenvalue weighted by Crippen LogP contribution is -2.45. The van der Waals surface area contributed by atoms with Crippen molar-refractivity contribution in [3.05, 3.63) is 48.8 Å². The van der Waals surface area contributed by atoms with Gasteiger partial charge in [-0.25, -0.2) is 4.79 Å². The highest BCUT2D eigenvalue weighted by Crippen LogP contribution is 2.33. The Bertz CT molecular complexity index is 667. The monoisotopic (exact) mass is 345 g/mol. The molecule has 2 N–H and O–H groups in total. The van der Waals surface area contributed by atoms with Gasteiger partial charge >= 0.3 is 6.03 Å². The van der Waals surface area contributed by atoms with Crippen molar-refractivity contribution in [3.63, 3.8) is 0 Å². The molecular weight excluding hydrogens is 322 g/mol. The molecule has 1 fully saturated rings. The average Bonchev–Trinajstić information content (AvgIpc) is 3.16. The maximum Gasteiger partial charge on any atom is 0.319 e. The Hall–Kier alpha value is -1.92. The summed E-state index contributed by atoms with van der Waals surface area (Å²) in [6.07, 6.45) is 8.00. The van der Waals surface area contributed by atoms with Gasteiger partial charge in [-0.1, -0.05) is 6.07 Å². The van der Waals surface area contributed by atoms with Crippen molar-refractivity contribution in [2.75, 3.05) is 31.3 Å². The van der Waals surface area contributed by atoms with Gasteiger partial charge in [0.1, 0.15) is 0 Å². The number of nitrogens with zero attached hydrogens (tertiary/aromatic N) is 1. The Balaban J connectivity index is 1.58. The Morgan fingerprint density at radius 2 is 2.00 bits per heavy atom. The van der Waals surface area contributed by atoms with Crippen LogP contribution in [0.3, 0.4) is 0 Å². The fourth-order valence-corrected chi connectivity index (χ4v) is 3.66. The Labute approximate surface area is 146 Å². The largest absolute Gasteiger partial charge is 0.381 e. The molecule has 2 amide bonds. The summed E-state index contributed by atoms with van der Waals surface area (Å²) >= 11 is 1.82. The van der Waals surface area contributed by atoms with Gasteiger partial charge < -0.3 is 19.9 Å². The van der Waals surface area contributed by atoms with E-state index in [9.17, 15) is 4.79 Å². The molecule has 3 rings (SSSR count). The molecule has 24 heavy (non-hydrogen) atoms. The minimum atomic E-state index is -0.167. The fourth-order valence-electron chi connectivity index (χ4n) is 2.86. The summed E-state index contributed by atoms with van der Waals surface area (Å²) < 4.78 is 7.53. The van der Waals surface area contributed by atoms with Crippen LogP contribution in [-0.2, 0) is 4.74 Å². The first-order chi connectivity index (χ1) is 11.7. The number of rotatable bonds is 5. The van der Waals surface area contributed by atoms with Gasteiger partial charge in [0.15, 0.2) is 0 Å². The van der Waals surface area contributed by atoms with Crippen LogP contribution >= 0.6 is 11.8 Å². The summed E-state index contributed by atoms with van der Waals surface area (Å²) in [6, 6.07) is 11.6. The second-order valence-corrected chi connectivity index (χ2v) is 7.22. The summed E-state index contributed by atoms with van der Waals surface area (Å²) in [5, 5.41) is 5.93. The number of hydrogen-bond donors (Lipinski definition) is 2. The molecule has 0 unspecified atom stereocenters. The quantitative estimate of drug-likeness (QED) is 0.872. The van der Waals surface area contributed by atoms with Crippen molar-refractivity contribution in [2.24, 2.45) is 0 Å². The Morgan fingerprint density at radius 3 is 2.71 bits per heavy atom. The van der Waals surface area contributed by atoms with E-state index in [2.05, 4.69) is 16.9 Å². The molecule has 128 valence electrons. The maximum atomic E-state index is 12.2. The van der Waals surface area contributed by atoms with E-state index in [0.717, 1.165) is 37.4 Å². The molecule has 0 atom stereocenters. The Kier molecular flexibility index (Phi) is 5.48. The van der Waals surface area contributed by atoms with E-state index in [-0.39, 0.29) is 10.8 Å². The number of amides is 2. The van der Waals surface area contributed by atoms with E-state index in [0.29, 0.717) is 6.54 Å². The molecule has 0 spiro atoms. The minimum Gasteiger partial charge on any atom is -0.381 e. The standard InChI is InChI=1S/C18H23N3O2S/c1-24-18(7-11-23-12-8-18)14-19-17(22)20-15-5-4-6-16(13-15)21-9-2-3-10-21/h2-6,9-10,13H,7-8,11-12,14H2,1H3,(H2,19,20,22). The third kappa shape index (κ3) is 4.13. The highest BCUT2D eigenvalue weighted by molar-refractivity contribution is 8.00. The number of urea groups is 1. The van der Waals surface area contributed by atoms with Crippen LogP contribution in [0.25, 0.3) is 5.69 Å². The summed E-state index contributed by atoms with van der Waals surface area (Å²) in [6.45, 7) is 2.19. The van der Waals surface area contributed by atoms with Gasteiger partial charge in [-0.15, -0.1) is 0 Å². The molecular formula is C18H23N3O2S. The summed E-state index contributed by atoms with van der Waals surface area (Å²) in [4.78, 5) is 12.2. The number of aromatic nitrogens is 1. The van der Waals surface area contributed by atoms with E-state index >= 15 is 0 Å². The van der Waals surface area contributed by atoms with E-state index in [1.54, 1.807) is 0 Å². The predicted octanol–water partition coefficient (Wildman–Crippen LogP) is 3.51. The second kappa shape index (κ2) is 7.77. The van der Waals surface area contributed by atoms with E-state index in [1.807, 2.05) is 65.1 Å². The van der Waals surface area contributed by atoms with Gasteiger partial charge in [-0.05, 0) is 49.4 Å². The minimum absolute atomic E-state index is 0.0859. The SMILES string of the molecule is CSC1(CNC(=O)Nc2cccc(-n3cccc3)c2)CCOCC1. The molecule has 2 heterocycles. The zero-order valence-electron chi connectivity index (χ0n) is 13.8. The van der Waals surface area contributed by atoms with Gasteiger partial charge in [0.05, 0.1) is 0 Å². The first kappa shape index (κ1) is 16.9. The summed E-state index contributed by atoms with van der Waals surface area (Å²) in [5.74, 6) is 0. The smallest absolute Gasteiger partial charge is 0.319 e. The summed E-state index contributed by atoms with van der Waals surface area (Å²) in [5.41, 5.74) is 1.80. The molecule has 1 aliphatic rings. The zero-order valence-corrected chi connectivity index (χ0v) is 14.6. The van der Waals surface area contributed by atoms with Gasteiger partial charge in [0, 0.05) is 48.3 Å². The van der Waals surface area contributed by atoms with Crippen LogP contribution in [0.4, 0.5) is 10.5 Å². The van der Waals surface area contributed by atoms with Crippen LogP contribution in [-0.4, -0.2) is 41.4 Å². The number of thioether (sulfide) groups is 1. The van der Waals surface area contributed by atoms with Crippen molar-refractivity contribution in [2.45, 2.75) is 17.6 Å². The van der Waals surface area contributed by atoms with Crippen LogP contribution in [0.2, 0.25) is 0 Å². The second-order valence-electron chi connectivity index (χ2n) is 5.95.